The summed E-state index contributed by atoms with van der Waals surface area (Å²) in [6, 6.07) is 23.1. The van der Waals surface area contributed by atoms with Crippen LogP contribution >= 0.6 is 0 Å². The van der Waals surface area contributed by atoms with Gasteiger partial charge in [-0.15, -0.1) is 0 Å². The van der Waals surface area contributed by atoms with Crippen molar-refractivity contribution in [1.82, 2.24) is 20.6 Å². The quantitative estimate of drug-likeness (QED) is 0.344. The molecule has 1 atom stereocenters. The summed E-state index contributed by atoms with van der Waals surface area (Å²) in [6.07, 6.45) is 5.06. The molecule has 2 aromatic heterocycles. The molecule has 0 bridgehead atoms. The molecular formula is C28H24N4O2. The van der Waals surface area contributed by atoms with E-state index in [1.807, 2.05) is 67.6 Å². The van der Waals surface area contributed by atoms with Gasteiger partial charge in [-0.2, -0.15) is 0 Å². The number of nitrogens with zero attached hydrogens (tertiary/aromatic N) is 1. The Kier molecular flexibility index (Phi) is 5.79. The maximum Gasteiger partial charge on any atom is 0.254 e. The molecule has 1 unspecified atom stereocenters. The Morgan fingerprint density at radius 3 is 2.41 bits per heavy atom. The molecule has 5 aromatic rings. The van der Waals surface area contributed by atoms with Crippen LogP contribution in [0.4, 0.5) is 0 Å². The highest BCUT2D eigenvalue weighted by Crippen LogP contribution is 2.22. The van der Waals surface area contributed by atoms with Gasteiger partial charge in [0.2, 0.25) is 0 Å². The minimum atomic E-state index is -0.431. The van der Waals surface area contributed by atoms with Crippen molar-refractivity contribution in [2.24, 2.45) is 0 Å². The lowest BCUT2D eigenvalue weighted by Crippen LogP contribution is -2.38. The first-order chi connectivity index (χ1) is 16.6. The van der Waals surface area contributed by atoms with Gasteiger partial charge in [-0.1, -0.05) is 60.7 Å². The molecule has 3 N–H and O–H groups in total. The average molecular weight is 449 g/mol. The number of pyridine rings is 1. The molecule has 0 aliphatic carbocycles. The number of aromatic amines is 1. The van der Waals surface area contributed by atoms with E-state index < -0.39 is 6.04 Å². The standard InChI is InChI=1S/C28H24N4O2/c1-18-23(12-13-30-18)27(33)31-17-26(21-11-10-19-6-2-3-7-20(19)14-21)32-28(34)25-16-29-15-22-8-4-5-9-24(22)25/h2-16,26,30H,17H2,1H3,(H,31,33)(H,32,34). The predicted molar refractivity (Wildman–Crippen MR) is 134 cm³/mol. The number of rotatable bonds is 6. The topological polar surface area (TPSA) is 86.9 Å². The van der Waals surface area contributed by atoms with Crippen LogP contribution in [-0.2, 0) is 0 Å². The molecule has 34 heavy (non-hydrogen) atoms. The normalized spacial score (nSPS) is 11.9. The molecule has 0 radical (unpaired) electrons. The van der Waals surface area contributed by atoms with E-state index in [4.69, 9.17) is 0 Å². The van der Waals surface area contributed by atoms with Crippen molar-refractivity contribution in [2.75, 3.05) is 6.54 Å². The Balaban J connectivity index is 1.45. The second-order valence-corrected chi connectivity index (χ2v) is 8.27. The van der Waals surface area contributed by atoms with E-state index in [1.54, 1.807) is 24.7 Å². The lowest BCUT2D eigenvalue weighted by Gasteiger charge is -2.21. The van der Waals surface area contributed by atoms with Crippen molar-refractivity contribution >= 4 is 33.4 Å². The molecule has 5 rings (SSSR count). The summed E-state index contributed by atoms with van der Waals surface area (Å²) in [6.45, 7) is 2.09. The molecule has 3 aromatic carbocycles. The fourth-order valence-electron chi connectivity index (χ4n) is 4.20. The van der Waals surface area contributed by atoms with Crippen molar-refractivity contribution in [3.05, 3.63) is 114 Å². The molecule has 2 amide bonds. The molecule has 0 fully saturated rings. The van der Waals surface area contributed by atoms with Crippen molar-refractivity contribution in [1.29, 1.82) is 0 Å². The highest BCUT2D eigenvalue weighted by Gasteiger charge is 2.20. The van der Waals surface area contributed by atoms with Crippen molar-refractivity contribution in [2.45, 2.75) is 13.0 Å². The molecule has 2 heterocycles. The summed E-state index contributed by atoms with van der Waals surface area (Å²) >= 11 is 0. The molecule has 6 heteroatoms. The largest absolute Gasteiger partial charge is 0.365 e. The number of nitrogens with one attached hydrogen (secondary N) is 3. The van der Waals surface area contributed by atoms with Crippen LogP contribution in [0.25, 0.3) is 21.5 Å². The maximum atomic E-state index is 13.4. The number of amides is 2. The van der Waals surface area contributed by atoms with Gasteiger partial charge in [-0.25, -0.2) is 0 Å². The number of carbonyl (C=O) groups is 2. The Bertz CT molecular complexity index is 1500. The molecule has 0 aliphatic rings. The van der Waals surface area contributed by atoms with Crippen LogP contribution in [-0.4, -0.2) is 28.3 Å². The smallest absolute Gasteiger partial charge is 0.254 e. The highest BCUT2D eigenvalue weighted by atomic mass is 16.2. The van der Waals surface area contributed by atoms with Gasteiger partial charge < -0.3 is 15.6 Å². The van der Waals surface area contributed by atoms with E-state index in [0.717, 1.165) is 32.8 Å². The lowest BCUT2D eigenvalue weighted by molar-refractivity contribution is 0.0909. The molecule has 168 valence electrons. The Morgan fingerprint density at radius 1 is 0.853 bits per heavy atom. The predicted octanol–water partition coefficient (Wildman–Crippen LogP) is 4.93. The highest BCUT2D eigenvalue weighted by molar-refractivity contribution is 6.06. The minimum Gasteiger partial charge on any atom is -0.365 e. The molecule has 0 saturated heterocycles. The van der Waals surface area contributed by atoms with E-state index in [2.05, 4.69) is 26.7 Å². The number of H-pyrrole nitrogens is 1. The van der Waals surface area contributed by atoms with Crippen molar-refractivity contribution in [3.63, 3.8) is 0 Å². The van der Waals surface area contributed by atoms with E-state index in [9.17, 15) is 9.59 Å². The van der Waals surface area contributed by atoms with Gasteiger partial charge in [-0.05, 0) is 40.8 Å². The summed E-state index contributed by atoms with van der Waals surface area (Å²) in [4.78, 5) is 33.4. The Morgan fingerprint density at radius 2 is 1.62 bits per heavy atom. The van der Waals surface area contributed by atoms with Gasteiger partial charge in [0.05, 0.1) is 17.2 Å². The SMILES string of the molecule is Cc1[nH]ccc1C(=O)NCC(NC(=O)c1cncc2ccccc12)c1ccc2ccccc2c1. The van der Waals surface area contributed by atoms with Gasteiger partial charge in [0.15, 0.2) is 0 Å². The van der Waals surface area contributed by atoms with Crippen LogP contribution < -0.4 is 10.6 Å². The van der Waals surface area contributed by atoms with Gasteiger partial charge in [0.25, 0.3) is 11.8 Å². The van der Waals surface area contributed by atoms with Gasteiger partial charge in [0, 0.05) is 36.2 Å². The lowest BCUT2D eigenvalue weighted by atomic mass is 10.0. The minimum absolute atomic E-state index is 0.189. The van der Waals surface area contributed by atoms with E-state index in [-0.39, 0.29) is 18.4 Å². The maximum absolute atomic E-state index is 13.4. The van der Waals surface area contributed by atoms with Crippen LogP contribution in [0.1, 0.15) is 38.0 Å². The summed E-state index contributed by atoms with van der Waals surface area (Å²) < 4.78 is 0. The van der Waals surface area contributed by atoms with Crippen LogP contribution in [0.15, 0.2) is 91.4 Å². The number of hydrogen-bond donors (Lipinski definition) is 3. The number of benzene rings is 3. The third-order valence-corrected chi connectivity index (χ3v) is 6.06. The zero-order valence-electron chi connectivity index (χ0n) is 18.7. The van der Waals surface area contributed by atoms with E-state index in [0.29, 0.717) is 11.1 Å². The van der Waals surface area contributed by atoms with Gasteiger partial charge in [-0.3, -0.25) is 14.6 Å². The second kappa shape index (κ2) is 9.19. The molecule has 0 aliphatic heterocycles. The van der Waals surface area contributed by atoms with Crippen LogP contribution in [0, 0.1) is 6.92 Å². The fourth-order valence-corrected chi connectivity index (χ4v) is 4.20. The van der Waals surface area contributed by atoms with E-state index in [1.165, 1.54) is 0 Å². The van der Waals surface area contributed by atoms with Crippen molar-refractivity contribution < 1.29 is 9.59 Å². The first-order valence-corrected chi connectivity index (χ1v) is 11.1. The number of fused-ring (bicyclic) bond motifs is 2. The first-order valence-electron chi connectivity index (χ1n) is 11.1. The van der Waals surface area contributed by atoms with Crippen LogP contribution in [0.5, 0.6) is 0 Å². The Hall–Kier alpha value is -4.45. The number of carbonyl (C=O) groups excluding carboxylic acids is 2. The molecular weight excluding hydrogens is 424 g/mol. The third-order valence-electron chi connectivity index (χ3n) is 6.06. The second-order valence-electron chi connectivity index (χ2n) is 8.27. The number of aryl methyl sites for hydroxylation is 1. The average Bonchev–Trinajstić information content (AvgIpc) is 3.31. The zero-order valence-corrected chi connectivity index (χ0v) is 18.7. The van der Waals surface area contributed by atoms with Crippen molar-refractivity contribution in [3.8, 4) is 0 Å². The number of aromatic nitrogens is 2. The monoisotopic (exact) mass is 448 g/mol. The summed E-state index contributed by atoms with van der Waals surface area (Å²) in [7, 11) is 0. The molecule has 0 saturated carbocycles. The number of hydrogen-bond acceptors (Lipinski definition) is 3. The van der Waals surface area contributed by atoms with Gasteiger partial charge in [0.1, 0.15) is 0 Å². The van der Waals surface area contributed by atoms with Crippen LogP contribution in [0.2, 0.25) is 0 Å². The Labute approximate surface area is 197 Å². The fraction of sp³-hybridized carbons (Fsp3) is 0.107. The summed E-state index contributed by atoms with van der Waals surface area (Å²) in [5.41, 5.74) is 2.79. The zero-order chi connectivity index (χ0) is 23.5. The first kappa shape index (κ1) is 21.4. The van der Waals surface area contributed by atoms with Crippen LogP contribution in [0.3, 0.4) is 0 Å². The molecule has 0 spiro atoms. The molecule has 6 nitrogen and oxygen atoms in total. The summed E-state index contributed by atoms with van der Waals surface area (Å²) in [5, 5.41) is 10.0. The summed E-state index contributed by atoms with van der Waals surface area (Å²) in [5.74, 6) is -0.430. The van der Waals surface area contributed by atoms with E-state index >= 15 is 0 Å². The van der Waals surface area contributed by atoms with Gasteiger partial charge >= 0.3 is 0 Å². The third kappa shape index (κ3) is 4.26.